The van der Waals surface area contributed by atoms with Crippen molar-refractivity contribution in [3.05, 3.63) is 255 Å². The van der Waals surface area contributed by atoms with Crippen LogP contribution in [0.15, 0.2) is 255 Å². The molecule has 2 heteroatoms. The van der Waals surface area contributed by atoms with Crippen molar-refractivity contribution in [3.8, 4) is 50.2 Å². The first kappa shape index (κ1) is 37.3. The molecule has 0 aliphatic rings. The highest BCUT2D eigenvalue weighted by Crippen LogP contribution is 2.43. The van der Waals surface area contributed by atoms with Crippen molar-refractivity contribution in [2.24, 2.45) is 0 Å². The molecular weight excluding hydrogens is 773 g/mol. The standard InChI is InChI=1S/C62H42N2/c1-2-14-46(15-3-1)55-18-6-10-22-59(55)63(52-39-34-45(35-40-52)49-36-41-54-50(42-49)31-30-47-16-4-5-17-53(47)54)51-37-32-44(33-38-51)43-26-28-48(29-27-43)56-19-7-11-23-60(56)64-61-24-12-8-20-57(61)58-21-9-13-25-62(58)64/h1-42H. The molecule has 0 aliphatic heterocycles. The first-order valence-electron chi connectivity index (χ1n) is 22.0. The predicted molar refractivity (Wildman–Crippen MR) is 272 cm³/mol. The minimum atomic E-state index is 1.09. The third-order valence-corrected chi connectivity index (χ3v) is 12.8. The van der Waals surface area contributed by atoms with E-state index in [1.807, 2.05) is 0 Å². The Labute approximate surface area is 373 Å². The summed E-state index contributed by atoms with van der Waals surface area (Å²) in [6.07, 6.45) is 0. The zero-order valence-corrected chi connectivity index (χ0v) is 35.1. The maximum Gasteiger partial charge on any atom is 0.0541 e. The van der Waals surface area contributed by atoms with E-state index in [2.05, 4.69) is 264 Å². The number of para-hydroxylation sites is 4. The Morgan fingerprint density at radius 1 is 0.266 bits per heavy atom. The van der Waals surface area contributed by atoms with Gasteiger partial charge in [-0.3, -0.25) is 0 Å². The highest BCUT2D eigenvalue weighted by Gasteiger charge is 2.19. The summed E-state index contributed by atoms with van der Waals surface area (Å²) in [5.41, 5.74) is 16.4. The van der Waals surface area contributed by atoms with E-state index >= 15 is 0 Å². The highest BCUT2D eigenvalue weighted by molar-refractivity contribution is 6.10. The Morgan fingerprint density at radius 2 is 0.719 bits per heavy atom. The maximum absolute atomic E-state index is 2.41. The zero-order valence-electron chi connectivity index (χ0n) is 35.1. The van der Waals surface area contributed by atoms with Crippen LogP contribution in [0.1, 0.15) is 0 Å². The van der Waals surface area contributed by atoms with Crippen molar-refractivity contribution in [2.75, 3.05) is 4.90 Å². The molecule has 0 radical (unpaired) electrons. The van der Waals surface area contributed by atoms with Gasteiger partial charge >= 0.3 is 0 Å². The van der Waals surface area contributed by atoms with Crippen LogP contribution in [0.25, 0.3) is 93.5 Å². The summed E-state index contributed by atoms with van der Waals surface area (Å²) in [6, 6.07) is 92.6. The fourth-order valence-electron chi connectivity index (χ4n) is 9.69. The summed E-state index contributed by atoms with van der Waals surface area (Å²) < 4.78 is 2.41. The second-order valence-corrected chi connectivity index (χ2v) is 16.5. The molecule has 0 aliphatic carbocycles. The molecule has 0 fully saturated rings. The van der Waals surface area contributed by atoms with Gasteiger partial charge in [-0.2, -0.15) is 0 Å². The normalized spacial score (nSPS) is 11.4. The molecule has 0 N–H and O–H groups in total. The van der Waals surface area contributed by atoms with Crippen LogP contribution in [0, 0.1) is 0 Å². The van der Waals surface area contributed by atoms with Gasteiger partial charge in [-0.15, -0.1) is 0 Å². The smallest absolute Gasteiger partial charge is 0.0541 e. The van der Waals surface area contributed by atoms with Crippen molar-refractivity contribution in [1.82, 2.24) is 4.57 Å². The fraction of sp³-hybridized carbons (Fsp3) is 0. The van der Waals surface area contributed by atoms with Crippen molar-refractivity contribution < 1.29 is 0 Å². The monoisotopic (exact) mass is 814 g/mol. The number of aromatic nitrogens is 1. The van der Waals surface area contributed by atoms with Crippen LogP contribution >= 0.6 is 0 Å². The maximum atomic E-state index is 2.41. The molecule has 2 nitrogen and oxygen atoms in total. The molecule has 64 heavy (non-hydrogen) atoms. The average molecular weight is 815 g/mol. The Balaban J connectivity index is 0.892. The lowest BCUT2D eigenvalue weighted by molar-refractivity contribution is 1.18. The van der Waals surface area contributed by atoms with Gasteiger partial charge in [-0.1, -0.05) is 200 Å². The molecule has 0 bridgehead atoms. The fourth-order valence-corrected chi connectivity index (χ4v) is 9.69. The SMILES string of the molecule is c1ccc(-c2ccccc2N(c2ccc(-c3ccc(-c4ccccc4-n4c5ccccc5c5ccccc54)cc3)cc2)c2ccc(-c3ccc4c(ccc5ccccc54)c3)cc2)cc1. The molecule has 0 unspecified atom stereocenters. The average Bonchev–Trinajstić information content (AvgIpc) is 3.71. The van der Waals surface area contributed by atoms with Crippen LogP contribution in [-0.2, 0) is 0 Å². The van der Waals surface area contributed by atoms with Gasteiger partial charge in [0.05, 0.1) is 22.4 Å². The number of fused-ring (bicyclic) bond motifs is 6. The number of nitrogens with zero attached hydrogens (tertiary/aromatic N) is 2. The second kappa shape index (κ2) is 15.8. The second-order valence-electron chi connectivity index (χ2n) is 16.5. The minimum absolute atomic E-state index is 1.09. The molecule has 0 spiro atoms. The van der Waals surface area contributed by atoms with Gasteiger partial charge in [0.2, 0.25) is 0 Å². The van der Waals surface area contributed by atoms with Crippen LogP contribution in [0.2, 0.25) is 0 Å². The van der Waals surface area contributed by atoms with Crippen molar-refractivity contribution in [3.63, 3.8) is 0 Å². The number of anilines is 3. The van der Waals surface area contributed by atoms with Gasteiger partial charge < -0.3 is 9.47 Å². The molecule has 0 atom stereocenters. The Bertz CT molecular complexity index is 3580. The van der Waals surface area contributed by atoms with Crippen molar-refractivity contribution in [2.45, 2.75) is 0 Å². The zero-order chi connectivity index (χ0) is 42.4. The number of rotatable bonds is 8. The molecule has 1 aromatic heterocycles. The Kier molecular flexibility index (Phi) is 9.20. The molecule has 0 saturated carbocycles. The lowest BCUT2D eigenvalue weighted by Crippen LogP contribution is -2.11. The van der Waals surface area contributed by atoms with Crippen molar-refractivity contribution in [1.29, 1.82) is 0 Å². The molecule has 0 saturated heterocycles. The van der Waals surface area contributed by atoms with Crippen molar-refractivity contribution >= 4 is 60.4 Å². The lowest BCUT2D eigenvalue weighted by Gasteiger charge is -2.28. The van der Waals surface area contributed by atoms with Gasteiger partial charge in [-0.25, -0.2) is 0 Å². The molecule has 12 aromatic rings. The van der Waals surface area contributed by atoms with E-state index in [-0.39, 0.29) is 0 Å². The van der Waals surface area contributed by atoms with E-state index in [9.17, 15) is 0 Å². The van der Waals surface area contributed by atoms with E-state index in [4.69, 9.17) is 0 Å². The Hall–Kier alpha value is -8.46. The molecule has 0 amide bonds. The largest absolute Gasteiger partial charge is 0.310 e. The first-order chi connectivity index (χ1) is 31.7. The van der Waals surface area contributed by atoms with Gasteiger partial charge in [0, 0.05) is 33.3 Å². The summed E-state index contributed by atoms with van der Waals surface area (Å²) in [5, 5.41) is 7.61. The minimum Gasteiger partial charge on any atom is -0.310 e. The highest BCUT2D eigenvalue weighted by atomic mass is 15.1. The number of hydrogen-bond donors (Lipinski definition) is 0. The van der Waals surface area contributed by atoms with Gasteiger partial charge in [0.1, 0.15) is 0 Å². The van der Waals surface area contributed by atoms with Gasteiger partial charge in [0.25, 0.3) is 0 Å². The summed E-state index contributed by atoms with van der Waals surface area (Å²) in [6.45, 7) is 0. The quantitative estimate of drug-likeness (QED) is 0.139. The van der Waals surface area contributed by atoms with Gasteiger partial charge in [0.15, 0.2) is 0 Å². The van der Waals surface area contributed by atoms with E-state index in [1.54, 1.807) is 0 Å². The van der Waals surface area contributed by atoms with Crippen LogP contribution in [0.5, 0.6) is 0 Å². The van der Waals surface area contributed by atoms with Crippen LogP contribution in [0.4, 0.5) is 17.1 Å². The molecular formula is C62H42N2. The first-order valence-corrected chi connectivity index (χ1v) is 22.0. The van der Waals surface area contributed by atoms with E-state index < -0.39 is 0 Å². The van der Waals surface area contributed by atoms with Crippen LogP contribution < -0.4 is 4.90 Å². The molecule has 11 aromatic carbocycles. The topological polar surface area (TPSA) is 8.17 Å². The van der Waals surface area contributed by atoms with Crippen LogP contribution in [-0.4, -0.2) is 4.57 Å². The van der Waals surface area contributed by atoms with E-state index in [1.165, 1.54) is 93.5 Å². The summed E-state index contributed by atoms with van der Waals surface area (Å²) in [7, 11) is 0. The summed E-state index contributed by atoms with van der Waals surface area (Å²) in [5.74, 6) is 0. The number of benzene rings is 11. The third-order valence-electron chi connectivity index (χ3n) is 12.8. The molecule has 1 heterocycles. The third kappa shape index (κ3) is 6.52. The summed E-state index contributed by atoms with van der Waals surface area (Å²) in [4.78, 5) is 2.39. The lowest BCUT2D eigenvalue weighted by atomic mass is 9.97. The predicted octanol–water partition coefficient (Wildman–Crippen LogP) is 17.2. The van der Waals surface area contributed by atoms with Crippen LogP contribution in [0.3, 0.4) is 0 Å². The van der Waals surface area contributed by atoms with E-state index in [0.717, 1.165) is 17.1 Å². The molecule has 12 rings (SSSR count). The summed E-state index contributed by atoms with van der Waals surface area (Å²) >= 11 is 0. The Morgan fingerprint density at radius 3 is 1.41 bits per heavy atom. The number of hydrogen-bond acceptors (Lipinski definition) is 1. The molecule has 300 valence electrons. The van der Waals surface area contributed by atoms with Gasteiger partial charge in [-0.05, 0) is 110 Å². The van der Waals surface area contributed by atoms with E-state index in [0.29, 0.717) is 0 Å².